The van der Waals surface area contributed by atoms with Gasteiger partial charge in [0.1, 0.15) is 0 Å². The van der Waals surface area contributed by atoms with Gasteiger partial charge in [0.25, 0.3) is 0 Å². The van der Waals surface area contributed by atoms with Crippen LogP contribution >= 0.6 is 0 Å². The zero-order valence-corrected chi connectivity index (χ0v) is 8.19. The quantitative estimate of drug-likeness (QED) is 0.717. The highest BCUT2D eigenvalue weighted by molar-refractivity contribution is 5.79. The fraction of sp³-hybridized carbons (Fsp3) is 0.273. The molecule has 2 rings (SSSR count). The number of benzene rings is 1. The van der Waals surface area contributed by atoms with Crippen LogP contribution in [0.15, 0.2) is 24.3 Å². The molecule has 0 bridgehead atoms. The number of rotatable bonds is 3. The summed E-state index contributed by atoms with van der Waals surface area (Å²) < 4.78 is 0. The topological polar surface area (TPSA) is 58.2 Å². The van der Waals surface area contributed by atoms with Crippen molar-refractivity contribution in [3.8, 4) is 0 Å². The fourth-order valence-corrected chi connectivity index (χ4v) is 1.76. The van der Waals surface area contributed by atoms with Crippen LogP contribution in [-0.4, -0.2) is 18.9 Å². The van der Waals surface area contributed by atoms with Gasteiger partial charge in [-0.3, -0.25) is 9.59 Å². The van der Waals surface area contributed by atoms with Gasteiger partial charge in [0, 0.05) is 24.6 Å². The minimum absolute atomic E-state index is 0.107. The predicted molar refractivity (Wildman–Crippen MR) is 56.5 cm³/mol. The predicted octanol–water partition coefficient (Wildman–Crippen LogP) is 0.858. The Balaban J connectivity index is 2.09. The summed E-state index contributed by atoms with van der Waals surface area (Å²) in [4.78, 5) is 21.2. The second-order valence-corrected chi connectivity index (χ2v) is 3.59. The summed E-state index contributed by atoms with van der Waals surface area (Å²) in [5, 5.41) is 5.37. The van der Waals surface area contributed by atoms with Gasteiger partial charge in [-0.15, -0.1) is 0 Å². The van der Waals surface area contributed by atoms with E-state index in [4.69, 9.17) is 0 Å². The van der Waals surface area contributed by atoms with Crippen LogP contribution in [0.3, 0.4) is 0 Å². The molecule has 1 aromatic carbocycles. The third kappa shape index (κ3) is 2.15. The van der Waals surface area contributed by atoms with E-state index in [1.165, 1.54) is 0 Å². The Morgan fingerprint density at radius 2 is 2.07 bits per heavy atom. The van der Waals surface area contributed by atoms with E-state index in [1.807, 2.05) is 24.3 Å². The summed E-state index contributed by atoms with van der Waals surface area (Å²) in [6, 6.07) is 7.56. The Kier molecular flexibility index (Phi) is 2.67. The maximum atomic E-state index is 11.0. The molecule has 0 radical (unpaired) electrons. The minimum atomic E-state index is 0.107. The molecule has 2 N–H and O–H groups in total. The average Bonchev–Trinajstić information content (AvgIpc) is 2.67. The van der Waals surface area contributed by atoms with E-state index >= 15 is 0 Å². The molecule has 1 saturated heterocycles. The number of hydrogen-bond donors (Lipinski definition) is 2. The van der Waals surface area contributed by atoms with Crippen molar-refractivity contribution in [2.45, 2.75) is 12.3 Å². The Hall–Kier alpha value is -1.84. The monoisotopic (exact) mass is 204 g/mol. The van der Waals surface area contributed by atoms with E-state index in [9.17, 15) is 9.59 Å². The molecule has 78 valence electrons. The van der Waals surface area contributed by atoms with Crippen molar-refractivity contribution in [2.75, 3.05) is 11.9 Å². The van der Waals surface area contributed by atoms with Gasteiger partial charge in [-0.25, -0.2) is 0 Å². The Morgan fingerprint density at radius 3 is 2.60 bits per heavy atom. The van der Waals surface area contributed by atoms with Crippen molar-refractivity contribution in [3.05, 3.63) is 29.8 Å². The van der Waals surface area contributed by atoms with Crippen LogP contribution in [0.25, 0.3) is 0 Å². The number of carbonyl (C=O) groups is 2. The molecule has 1 heterocycles. The molecular weight excluding hydrogens is 192 g/mol. The molecule has 4 heteroatoms. The van der Waals surface area contributed by atoms with E-state index in [0.29, 0.717) is 19.4 Å². The summed E-state index contributed by atoms with van der Waals surface area (Å²) in [7, 11) is 0. The Morgan fingerprint density at radius 1 is 1.33 bits per heavy atom. The summed E-state index contributed by atoms with van der Waals surface area (Å²) in [5.41, 5.74) is 1.90. The maximum absolute atomic E-state index is 11.0. The molecule has 1 unspecified atom stereocenters. The first-order valence-corrected chi connectivity index (χ1v) is 4.86. The lowest BCUT2D eigenvalue weighted by atomic mass is 9.98. The highest BCUT2D eigenvalue weighted by Gasteiger charge is 2.22. The molecule has 1 aromatic rings. The Labute approximate surface area is 87.7 Å². The Bertz CT molecular complexity index is 373. The van der Waals surface area contributed by atoms with E-state index in [0.717, 1.165) is 11.3 Å². The number of anilines is 1. The molecule has 0 saturated carbocycles. The van der Waals surface area contributed by atoms with Crippen LogP contribution in [0.4, 0.5) is 5.69 Å². The number of amides is 2. The van der Waals surface area contributed by atoms with Gasteiger partial charge >= 0.3 is 0 Å². The highest BCUT2D eigenvalue weighted by Crippen LogP contribution is 2.23. The first kappa shape index (κ1) is 9.71. The average molecular weight is 204 g/mol. The van der Waals surface area contributed by atoms with Gasteiger partial charge in [0.05, 0.1) is 0 Å². The van der Waals surface area contributed by atoms with E-state index in [1.54, 1.807) is 0 Å². The SMILES string of the molecule is O=CNc1ccc(C2CNC(=O)C2)cc1. The van der Waals surface area contributed by atoms with Gasteiger partial charge in [-0.2, -0.15) is 0 Å². The van der Waals surface area contributed by atoms with Crippen LogP contribution in [-0.2, 0) is 9.59 Å². The first-order valence-electron chi connectivity index (χ1n) is 4.86. The molecular formula is C11H12N2O2. The molecule has 1 aliphatic rings. The summed E-state index contributed by atoms with van der Waals surface area (Å²) in [5.74, 6) is 0.373. The third-order valence-electron chi connectivity index (χ3n) is 2.59. The van der Waals surface area contributed by atoms with Crippen molar-refractivity contribution in [1.82, 2.24) is 5.32 Å². The van der Waals surface area contributed by atoms with Crippen LogP contribution in [0.5, 0.6) is 0 Å². The van der Waals surface area contributed by atoms with Crippen LogP contribution < -0.4 is 10.6 Å². The molecule has 1 fully saturated rings. The lowest BCUT2D eigenvalue weighted by molar-refractivity contribution is -0.119. The summed E-state index contributed by atoms with van der Waals surface area (Å²) in [6.45, 7) is 0.708. The van der Waals surface area contributed by atoms with Crippen molar-refractivity contribution >= 4 is 18.0 Å². The second-order valence-electron chi connectivity index (χ2n) is 3.59. The van der Waals surface area contributed by atoms with Gasteiger partial charge in [-0.1, -0.05) is 12.1 Å². The summed E-state index contributed by atoms with van der Waals surface area (Å²) in [6.07, 6.45) is 1.20. The number of hydrogen-bond acceptors (Lipinski definition) is 2. The minimum Gasteiger partial charge on any atom is -0.355 e. The fourth-order valence-electron chi connectivity index (χ4n) is 1.76. The number of carbonyl (C=O) groups excluding carboxylic acids is 2. The van der Waals surface area contributed by atoms with Crippen molar-refractivity contribution in [2.24, 2.45) is 0 Å². The largest absolute Gasteiger partial charge is 0.355 e. The molecule has 4 nitrogen and oxygen atoms in total. The van der Waals surface area contributed by atoms with E-state index in [2.05, 4.69) is 10.6 Å². The van der Waals surface area contributed by atoms with Gasteiger partial charge in [0.15, 0.2) is 0 Å². The lowest BCUT2D eigenvalue weighted by Gasteiger charge is -2.07. The highest BCUT2D eigenvalue weighted by atomic mass is 16.1. The third-order valence-corrected chi connectivity index (χ3v) is 2.59. The van der Waals surface area contributed by atoms with Gasteiger partial charge in [0.2, 0.25) is 12.3 Å². The summed E-state index contributed by atoms with van der Waals surface area (Å²) >= 11 is 0. The zero-order valence-electron chi connectivity index (χ0n) is 8.19. The number of nitrogens with one attached hydrogen (secondary N) is 2. The van der Waals surface area contributed by atoms with Crippen LogP contribution in [0, 0.1) is 0 Å². The van der Waals surface area contributed by atoms with Crippen LogP contribution in [0.1, 0.15) is 17.9 Å². The normalized spacial score (nSPS) is 19.7. The lowest BCUT2D eigenvalue weighted by Crippen LogP contribution is -2.13. The van der Waals surface area contributed by atoms with Crippen molar-refractivity contribution in [3.63, 3.8) is 0 Å². The van der Waals surface area contributed by atoms with E-state index in [-0.39, 0.29) is 11.8 Å². The van der Waals surface area contributed by atoms with Gasteiger partial charge in [-0.05, 0) is 17.7 Å². The van der Waals surface area contributed by atoms with E-state index < -0.39 is 0 Å². The molecule has 1 aliphatic heterocycles. The molecule has 1 atom stereocenters. The van der Waals surface area contributed by atoms with Crippen LogP contribution in [0.2, 0.25) is 0 Å². The second kappa shape index (κ2) is 4.13. The van der Waals surface area contributed by atoms with Crippen molar-refractivity contribution < 1.29 is 9.59 Å². The molecule has 0 aromatic heterocycles. The zero-order chi connectivity index (χ0) is 10.7. The smallest absolute Gasteiger partial charge is 0.220 e. The molecule has 2 amide bonds. The standard InChI is InChI=1S/C11H12N2O2/c14-7-13-10-3-1-8(2-4-10)9-5-11(15)12-6-9/h1-4,7,9H,5-6H2,(H,12,15)(H,13,14). The maximum Gasteiger partial charge on any atom is 0.220 e. The van der Waals surface area contributed by atoms with Crippen molar-refractivity contribution in [1.29, 1.82) is 0 Å². The molecule has 0 spiro atoms. The van der Waals surface area contributed by atoms with Gasteiger partial charge < -0.3 is 10.6 Å². The molecule has 0 aliphatic carbocycles. The first-order chi connectivity index (χ1) is 7.29. The molecule has 15 heavy (non-hydrogen) atoms.